The van der Waals surface area contributed by atoms with Crippen LogP contribution < -0.4 is 10.1 Å². The van der Waals surface area contributed by atoms with Crippen molar-refractivity contribution in [3.63, 3.8) is 0 Å². The van der Waals surface area contributed by atoms with E-state index in [0.29, 0.717) is 6.61 Å². The Hall–Kier alpha value is -2.33. The van der Waals surface area contributed by atoms with Crippen molar-refractivity contribution in [2.45, 2.75) is 26.8 Å². The Labute approximate surface area is 143 Å². The maximum absolute atomic E-state index is 5.97. The lowest BCUT2D eigenvalue weighted by Crippen LogP contribution is -2.16. The molecule has 0 saturated heterocycles. The molecule has 0 fully saturated rings. The highest BCUT2D eigenvalue weighted by Gasteiger charge is 2.12. The molecule has 0 aliphatic heterocycles. The molecule has 0 unspecified atom stereocenters. The SMILES string of the molecule is CCNCCCOc1nn(Cc2ccccc2)c2ccc(C)cc12. The van der Waals surface area contributed by atoms with Crippen LogP contribution in [0.2, 0.25) is 0 Å². The summed E-state index contributed by atoms with van der Waals surface area (Å²) in [6.45, 7) is 7.61. The Balaban J connectivity index is 1.81. The van der Waals surface area contributed by atoms with E-state index < -0.39 is 0 Å². The third-order valence-corrected chi connectivity index (χ3v) is 4.03. The van der Waals surface area contributed by atoms with Crippen LogP contribution in [0.4, 0.5) is 0 Å². The first-order valence-electron chi connectivity index (χ1n) is 8.62. The molecule has 126 valence electrons. The van der Waals surface area contributed by atoms with Crippen LogP contribution in [0.3, 0.4) is 0 Å². The molecule has 0 bridgehead atoms. The normalized spacial score (nSPS) is 11.1. The number of hydrogen-bond acceptors (Lipinski definition) is 3. The number of benzene rings is 2. The van der Waals surface area contributed by atoms with Crippen molar-refractivity contribution in [3.8, 4) is 5.88 Å². The predicted molar refractivity (Wildman–Crippen MR) is 98.7 cm³/mol. The number of aromatic nitrogens is 2. The van der Waals surface area contributed by atoms with Gasteiger partial charge in [0.25, 0.3) is 0 Å². The molecule has 3 rings (SSSR count). The maximum atomic E-state index is 5.97. The van der Waals surface area contributed by atoms with E-state index in [1.807, 2.05) is 10.7 Å². The Morgan fingerprint density at radius 3 is 2.75 bits per heavy atom. The first kappa shape index (κ1) is 16.5. The summed E-state index contributed by atoms with van der Waals surface area (Å²) >= 11 is 0. The molecule has 1 aromatic heterocycles. The Kier molecular flexibility index (Phi) is 5.49. The fraction of sp³-hybridized carbons (Fsp3) is 0.350. The maximum Gasteiger partial charge on any atom is 0.240 e. The van der Waals surface area contributed by atoms with Crippen LogP contribution in [0.1, 0.15) is 24.5 Å². The van der Waals surface area contributed by atoms with Crippen LogP contribution in [-0.4, -0.2) is 29.5 Å². The quantitative estimate of drug-likeness (QED) is 0.641. The molecule has 0 radical (unpaired) electrons. The van der Waals surface area contributed by atoms with Gasteiger partial charge in [0.05, 0.1) is 24.1 Å². The first-order valence-corrected chi connectivity index (χ1v) is 8.62. The summed E-state index contributed by atoms with van der Waals surface area (Å²) in [4.78, 5) is 0. The molecule has 3 aromatic rings. The summed E-state index contributed by atoms with van der Waals surface area (Å²) in [5.74, 6) is 0.737. The van der Waals surface area contributed by atoms with Crippen LogP contribution in [0.5, 0.6) is 5.88 Å². The highest BCUT2D eigenvalue weighted by atomic mass is 16.5. The zero-order chi connectivity index (χ0) is 16.8. The molecule has 0 amide bonds. The fourth-order valence-corrected chi connectivity index (χ4v) is 2.79. The van der Waals surface area contributed by atoms with Gasteiger partial charge in [-0.1, -0.05) is 48.9 Å². The van der Waals surface area contributed by atoms with E-state index >= 15 is 0 Å². The second-order valence-corrected chi connectivity index (χ2v) is 6.02. The molecular formula is C20H25N3O. The van der Waals surface area contributed by atoms with Gasteiger partial charge in [0, 0.05) is 0 Å². The van der Waals surface area contributed by atoms with E-state index in [1.165, 1.54) is 11.1 Å². The third kappa shape index (κ3) is 3.95. The van der Waals surface area contributed by atoms with E-state index in [4.69, 9.17) is 9.84 Å². The van der Waals surface area contributed by atoms with Crippen LogP contribution in [-0.2, 0) is 6.54 Å². The Bertz CT molecular complexity index is 780. The van der Waals surface area contributed by atoms with Crippen molar-refractivity contribution < 1.29 is 4.74 Å². The molecule has 0 atom stereocenters. The lowest BCUT2D eigenvalue weighted by Gasteiger charge is -2.04. The second-order valence-electron chi connectivity index (χ2n) is 6.02. The van der Waals surface area contributed by atoms with Gasteiger partial charge >= 0.3 is 0 Å². The molecule has 1 heterocycles. The van der Waals surface area contributed by atoms with Gasteiger partial charge in [-0.2, -0.15) is 0 Å². The van der Waals surface area contributed by atoms with Crippen LogP contribution in [0, 0.1) is 6.92 Å². The van der Waals surface area contributed by atoms with Crippen molar-refractivity contribution in [1.82, 2.24) is 15.1 Å². The molecule has 4 heteroatoms. The van der Waals surface area contributed by atoms with E-state index in [2.05, 4.69) is 61.6 Å². The molecule has 1 N–H and O–H groups in total. The average molecular weight is 323 g/mol. The van der Waals surface area contributed by atoms with Crippen LogP contribution in [0.15, 0.2) is 48.5 Å². The second kappa shape index (κ2) is 7.97. The smallest absolute Gasteiger partial charge is 0.240 e. The Morgan fingerprint density at radius 2 is 1.96 bits per heavy atom. The lowest BCUT2D eigenvalue weighted by molar-refractivity contribution is 0.296. The molecule has 0 saturated carbocycles. The standard InChI is InChI=1S/C20H25N3O/c1-3-21-12-7-13-24-20-18-14-16(2)10-11-19(18)23(22-20)15-17-8-5-4-6-9-17/h4-6,8-11,14,21H,3,7,12-13,15H2,1-2H3. The van der Waals surface area contributed by atoms with Gasteiger partial charge in [-0.05, 0) is 44.1 Å². The summed E-state index contributed by atoms with van der Waals surface area (Å²) < 4.78 is 8.00. The fourth-order valence-electron chi connectivity index (χ4n) is 2.79. The number of nitrogens with one attached hydrogen (secondary N) is 1. The monoisotopic (exact) mass is 323 g/mol. The van der Waals surface area contributed by atoms with Crippen molar-refractivity contribution in [1.29, 1.82) is 0 Å². The van der Waals surface area contributed by atoms with Gasteiger partial charge in [-0.25, -0.2) is 0 Å². The highest BCUT2D eigenvalue weighted by Crippen LogP contribution is 2.26. The predicted octanol–water partition coefficient (Wildman–Crippen LogP) is 3.77. The molecule has 0 aliphatic carbocycles. The zero-order valence-corrected chi connectivity index (χ0v) is 14.5. The highest BCUT2D eigenvalue weighted by molar-refractivity contribution is 5.85. The van der Waals surface area contributed by atoms with Gasteiger partial charge in [-0.15, -0.1) is 5.10 Å². The lowest BCUT2D eigenvalue weighted by atomic mass is 10.1. The first-order chi connectivity index (χ1) is 11.8. The zero-order valence-electron chi connectivity index (χ0n) is 14.5. The van der Waals surface area contributed by atoms with Crippen molar-refractivity contribution >= 4 is 10.9 Å². The number of ether oxygens (including phenoxy) is 1. The van der Waals surface area contributed by atoms with E-state index in [-0.39, 0.29) is 0 Å². The van der Waals surface area contributed by atoms with Crippen LogP contribution in [0.25, 0.3) is 10.9 Å². The summed E-state index contributed by atoms with van der Waals surface area (Å²) in [6.07, 6.45) is 0.979. The minimum Gasteiger partial charge on any atom is -0.476 e. The molecule has 4 nitrogen and oxygen atoms in total. The van der Waals surface area contributed by atoms with Gasteiger partial charge in [0.2, 0.25) is 5.88 Å². The van der Waals surface area contributed by atoms with Gasteiger partial charge in [0.15, 0.2) is 0 Å². The minimum absolute atomic E-state index is 0.679. The number of fused-ring (bicyclic) bond motifs is 1. The topological polar surface area (TPSA) is 39.1 Å². The molecule has 0 aliphatic rings. The molecular weight excluding hydrogens is 298 g/mol. The van der Waals surface area contributed by atoms with Crippen LogP contribution >= 0.6 is 0 Å². The summed E-state index contributed by atoms with van der Waals surface area (Å²) in [6, 6.07) is 16.8. The van der Waals surface area contributed by atoms with Gasteiger partial charge < -0.3 is 10.1 Å². The number of hydrogen-bond donors (Lipinski definition) is 1. The Morgan fingerprint density at radius 1 is 1.12 bits per heavy atom. The van der Waals surface area contributed by atoms with Gasteiger partial charge in [-0.3, -0.25) is 4.68 Å². The molecule has 24 heavy (non-hydrogen) atoms. The van der Waals surface area contributed by atoms with E-state index in [9.17, 15) is 0 Å². The summed E-state index contributed by atoms with van der Waals surface area (Å²) in [7, 11) is 0. The summed E-state index contributed by atoms with van der Waals surface area (Å²) in [5.41, 5.74) is 3.58. The van der Waals surface area contributed by atoms with Crippen molar-refractivity contribution in [2.75, 3.05) is 19.7 Å². The average Bonchev–Trinajstić information content (AvgIpc) is 2.92. The third-order valence-electron chi connectivity index (χ3n) is 4.03. The largest absolute Gasteiger partial charge is 0.476 e. The van der Waals surface area contributed by atoms with E-state index in [0.717, 1.165) is 42.8 Å². The number of nitrogens with zero attached hydrogens (tertiary/aromatic N) is 2. The van der Waals surface area contributed by atoms with Crippen molar-refractivity contribution in [3.05, 3.63) is 59.7 Å². The number of rotatable bonds is 8. The minimum atomic E-state index is 0.679. The van der Waals surface area contributed by atoms with Gasteiger partial charge in [0.1, 0.15) is 0 Å². The molecule has 0 spiro atoms. The van der Waals surface area contributed by atoms with E-state index in [1.54, 1.807) is 0 Å². The molecule has 2 aromatic carbocycles. The number of aryl methyl sites for hydroxylation is 1. The summed E-state index contributed by atoms with van der Waals surface area (Å²) in [5, 5.41) is 9.12. The van der Waals surface area contributed by atoms with Crippen molar-refractivity contribution in [2.24, 2.45) is 0 Å².